The molecule has 0 bridgehead atoms. The molecule has 1 unspecified atom stereocenters. The summed E-state index contributed by atoms with van der Waals surface area (Å²) in [6.07, 6.45) is 1.49. The quantitative estimate of drug-likeness (QED) is 0.390. The maximum absolute atomic E-state index is 12.6. The molecule has 1 fully saturated rings. The third-order valence-electron chi connectivity index (χ3n) is 7.73. The second kappa shape index (κ2) is 12.3. The van der Waals surface area contributed by atoms with Gasteiger partial charge in [-0.25, -0.2) is 4.52 Å². The zero-order valence-corrected chi connectivity index (χ0v) is 23.0. The number of rotatable bonds is 9. The first-order valence-electron chi connectivity index (χ1n) is 13.9. The molecule has 0 radical (unpaired) electrons. The average Bonchev–Trinajstić information content (AvgIpc) is 3.56. The maximum atomic E-state index is 12.6. The van der Waals surface area contributed by atoms with E-state index in [2.05, 4.69) is 32.7 Å². The smallest absolute Gasteiger partial charge is 0.352 e. The number of pyridine rings is 1. The van der Waals surface area contributed by atoms with Crippen LogP contribution in [0.1, 0.15) is 54.4 Å². The molecular weight excluding hydrogens is 535 g/mol. The van der Waals surface area contributed by atoms with E-state index in [4.69, 9.17) is 0 Å². The summed E-state index contributed by atoms with van der Waals surface area (Å²) in [6, 6.07) is 11.4. The zero-order valence-electron chi connectivity index (χ0n) is 23.0. The van der Waals surface area contributed by atoms with Crippen molar-refractivity contribution in [1.29, 1.82) is 0 Å². The van der Waals surface area contributed by atoms with Gasteiger partial charge in [-0.3, -0.25) is 9.59 Å². The van der Waals surface area contributed by atoms with Crippen LogP contribution in [-0.2, 0) is 4.79 Å². The van der Waals surface area contributed by atoms with Gasteiger partial charge in [-0.05, 0) is 81.2 Å². The number of hydrogen-bond donors (Lipinski definition) is 2. The lowest BCUT2D eigenvalue weighted by molar-refractivity contribution is -0.148. The molecule has 3 aromatic rings. The Morgan fingerprint density at radius 2 is 1.93 bits per heavy atom. The summed E-state index contributed by atoms with van der Waals surface area (Å²) in [5.41, 5.74) is 3.75. The fourth-order valence-electron chi connectivity index (χ4n) is 5.39. The summed E-state index contributed by atoms with van der Waals surface area (Å²) < 4.78 is 39.1. The molecule has 218 valence electrons. The number of aromatic nitrogens is 3. The van der Waals surface area contributed by atoms with Crippen molar-refractivity contribution in [2.24, 2.45) is 0 Å². The summed E-state index contributed by atoms with van der Waals surface area (Å²) in [6.45, 7) is 2.36. The number of fused-ring (bicyclic) bond motifs is 1. The molecule has 2 aromatic heterocycles. The molecule has 41 heavy (non-hydrogen) atoms. The standard InChI is InChI=1S/C29H34F3N7O2/c1-37-16-2-4-23(37)11-15-33-27(41)21-6-8-22(9-7-21)34-28-35-26-24(5-3-17-39(26)36-28)20-12-18-38(19-13-20)25(40)10-14-29(30,31)32/h3,5-9,12,17,23H,2,4,10-11,13-16,18-19H2,1H3,(H,33,41)(H,34,36). The topological polar surface area (TPSA) is 94.9 Å². The lowest BCUT2D eigenvalue weighted by Gasteiger charge is -2.27. The number of amides is 2. The molecule has 5 rings (SSSR count). The fourth-order valence-corrected chi connectivity index (χ4v) is 5.39. The van der Waals surface area contributed by atoms with Gasteiger partial charge in [0.2, 0.25) is 11.9 Å². The number of likely N-dealkylation sites (tertiary alicyclic amines) is 1. The van der Waals surface area contributed by atoms with E-state index in [1.54, 1.807) is 35.0 Å². The van der Waals surface area contributed by atoms with E-state index >= 15 is 0 Å². The zero-order chi connectivity index (χ0) is 29.0. The van der Waals surface area contributed by atoms with E-state index < -0.39 is 24.9 Å². The average molecular weight is 570 g/mol. The van der Waals surface area contributed by atoms with Gasteiger partial charge in [-0.1, -0.05) is 6.08 Å². The van der Waals surface area contributed by atoms with Crippen molar-refractivity contribution < 1.29 is 22.8 Å². The summed E-state index contributed by atoms with van der Waals surface area (Å²) in [5.74, 6) is -0.213. The third kappa shape index (κ3) is 7.24. The van der Waals surface area contributed by atoms with E-state index in [1.165, 1.54) is 17.7 Å². The predicted octanol–water partition coefficient (Wildman–Crippen LogP) is 4.65. The number of nitrogens with zero attached hydrogens (tertiary/aromatic N) is 5. The molecule has 2 aliphatic heterocycles. The van der Waals surface area contributed by atoms with E-state index in [1.807, 2.05) is 18.2 Å². The lowest BCUT2D eigenvalue weighted by Crippen LogP contribution is -2.35. The van der Waals surface area contributed by atoms with Gasteiger partial charge in [0.25, 0.3) is 5.91 Å². The highest BCUT2D eigenvalue weighted by Crippen LogP contribution is 2.28. The Morgan fingerprint density at radius 1 is 1.12 bits per heavy atom. The highest BCUT2D eigenvalue weighted by Gasteiger charge is 2.29. The maximum Gasteiger partial charge on any atom is 0.389 e. The van der Waals surface area contributed by atoms with Crippen molar-refractivity contribution in [3.63, 3.8) is 0 Å². The molecule has 1 saturated heterocycles. The van der Waals surface area contributed by atoms with Crippen LogP contribution in [0.4, 0.5) is 24.8 Å². The first-order chi connectivity index (χ1) is 19.7. The molecule has 1 aromatic carbocycles. The van der Waals surface area contributed by atoms with Crippen LogP contribution < -0.4 is 10.6 Å². The number of halogens is 3. The summed E-state index contributed by atoms with van der Waals surface area (Å²) in [5, 5.41) is 10.7. The minimum absolute atomic E-state index is 0.103. The van der Waals surface area contributed by atoms with Crippen molar-refractivity contribution in [2.45, 2.75) is 50.7 Å². The molecule has 2 N–H and O–H groups in total. The number of nitrogens with one attached hydrogen (secondary N) is 2. The summed E-state index contributed by atoms with van der Waals surface area (Å²) in [7, 11) is 2.13. The van der Waals surface area contributed by atoms with Crippen molar-refractivity contribution in [3.05, 3.63) is 59.8 Å². The normalized spacial score (nSPS) is 18.0. The van der Waals surface area contributed by atoms with Crippen LogP contribution in [0.2, 0.25) is 0 Å². The second-order valence-electron chi connectivity index (χ2n) is 10.6. The monoisotopic (exact) mass is 569 g/mol. The number of anilines is 2. The molecule has 1 atom stereocenters. The number of carbonyl (C=O) groups is 2. The fraction of sp³-hybridized carbons (Fsp3) is 0.448. The van der Waals surface area contributed by atoms with Crippen molar-refractivity contribution in [2.75, 3.05) is 38.5 Å². The third-order valence-corrected chi connectivity index (χ3v) is 7.73. The minimum Gasteiger partial charge on any atom is -0.352 e. The van der Waals surface area contributed by atoms with Crippen molar-refractivity contribution in [1.82, 2.24) is 29.7 Å². The van der Waals surface area contributed by atoms with Gasteiger partial charge < -0.3 is 20.4 Å². The highest BCUT2D eigenvalue weighted by atomic mass is 19.4. The van der Waals surface area contributed by atoms with Gasteiger partial charge in [-0.2, -0.15) is 18.2 Å². The van der Waals surface area contributed by atoms with Crippen LogP contribution in [-0.4, -0.2) is 81.7 Å². The minimum atomic E-state index is -4.34. The van der Waals surface area contributed by atoms with Crippen molar-refractivity contribution in [3.8, 4) is 0 Å². The van der Waals surface area contributed by atoms with Crippen LogP contribution in [0.3, 0.4) is 0 Å². The SMILES string of the molecule is CN1CCCC1CCNC(=O)c1ccc(Nc2nc3c(C4=CCN(C(=O)CCC(F)(F)F)CC4)cccn3n2)cc1. The molecule has 2 amide bonds. The Labute approximate surface area is 236 Å². The van der Waals surface area contributed by atoms with Crippen molar-refractivity contribution >= 4 is 34.7 Å². The van der Waals surface area contributed by atoms with Gasteiger partial charge in [0.15, 0.2) is 5.65 Å². The van der Waals surface area contributed by atoms with Gasteiger partial charge in [-0.15, -0.1) is 5.10 Å². The molecule has 9 nitrogen and oxygen atoms in total. The molecule has 0 aliphatic carbocycles. The Morgan fingerprint density at radius 3 is 2.61 bits per heavy atom. The summed E-state index contributed by atoms with van der Waals surface area (Å²) in [4.78, 5) is 33.2. The summed E-state index contributed by atoms with van der Waals surface area (Å²) >= 11 is 0. The first kappa shape index (κ1) is 28.6. The Hall–Kier alpha value is -3.93. The van der Waals surface area contributed by atoms with Crippen LogP contribution in [0.15, 0.2) is 48.7 Å². The van der Waals surface area contributed by atoms with Crippen LogP contribution in [0.5, 0.6) is 0 Å². The second-order valence-corrected chi connectivity index (χ2v) is 10.6. The van der Waals surface area contributed by atoms with Gasteiger partial charge in [0, 0.05) is 55.1 Å². The molecular formula is C29H34F3N7O2. The lowest BCUT2D eigenvalue weighted by atomic mass is 10.00. The number of benzene rings is 1. The number of hydrogen-bond acceptors (Lipinski definition) is 6. The van der Waals surface area contributed by atoms with E-state index in [0.29, 0.717) is 42.7 Å². The number of alkyl halides is 3. The Bertz CT molecular complexity index is 1420. The van der Waals surface area contributed by atoms with Crippen LogP contribution in [0.25, 0.3) is 11.2 Å². The van der Waals surface area contributed by atoms with Gasteiger partial charge in [0.1, 0.15) is 0 Å². The molecule has 4 heterocycles. The molecule has 2 aliphatic rings. The van der Waals surface area contributed by atoms with Crippen LogP contribution in [0, 0.1) is 0 Å². The van der Waals surface area contributed by atoms with E-state index in [-0.39, 0.29) is 12.5 Å². The van der Waals surface area contributed by atoms with E-state index in [0.717, 1.165) is 29.8 Å². The van der Waals surface area contributed by atoms with E-state index in [9.17, 15) is 22.8 Å². The van der Waals surface area contributed by atoms with Gasteiger partial charge in [0.05, 0.1) is 6.42 Å². The number of carbonyl (C=O) groups excluding carboxylic acids is 2. The molecule has 0 spiro atoms. The molecule has 12 heteroatoms. The Kier molecular flexibility index (Phi) is 8.57. The Balaban J connectivity index is 1.18. The first-order valence-corrected chi connectivity index (χ1v) is 13.9. The van der Waals surface area contributed by atoms with Gasteiger partial charge >= 0.3 is 6.18 Å². The molecule has 0 saturated carbocycles. The highest BCUT2D eigenvalue weighted by molar-refractivity contribution is 5.94. The largest absolute Gasteiger partial charge is 0.389 e. The predicted molar refractivity (Wildman–Crippen MR) is 150 cm³/mol. The van der Waals surface area contributed by atoms with Crippen LogP contribution >= 0.6 is 0 Å².